The van der Waals surface area contributed by atoms with Gasteiger partial charge in [-0.25, -0.2) is 4.79 Å². The highest BCUT2D eigenvalue weighted by molar-refractivity contribution is 14.0. The van der Waals surface area contributed by atoms with Crippen LogP contribution in [0.25, 0.3) is 0 Å². The number of carbonyl (C=O) groups is 1. The first kappa shape index (κ1) is 27.4. The average Bonchev–Trinajstić information content (AvgIpc) is 2.51. The first-order valence-electron chi connectivity index (χ1n) is 8.94. The molecule has 26 heavy (non-hydrogen) atoms. The van der Waals surface area contributed by atoms with Crippen molar-refractivity contribution in [3.05, 3.63) is 0 Å². The zero-order valence-corrected chi connectivity index (χ0v) is 19.2. The Labute approximate surface area is 175 Å². The smallest absolute Gasteiger partial charge is 0.407 e. The summed E-state index contributed by atoms with van der Waals surface area (Å²) in [6.07, 6.45) is 1.25. The van der Waals surface area contributed by atoms with Gasteiger partial charge < -0.3 is 30.2 Å². The number of methoxy groups -OCH3 is 1. The van der Waals surface area contributed by atoms with Gasteiger partial charge in [0.25, 0.3) is 0 Å². The third-order valence-electron chi connectivity index (χ3n) is 2.81. The van der Waals surface area contributed by atoms with Gasteiger partial charge in [0.1, 0.15) is 5.60 Å². The molecule has 0 unspecified atom stereocenters. The van der Waals surface area contributed by atoms with Gasteiger partial charge in [-0.3, -0.25) is 4.99 Å². The van der Waals surface area contributed by atoms with E-state index in [-0.39, 0.29) is 24.0 Å². The van der Waals surface area contributed by atoms with Gasteiger partial charge >= 0.3 is 6.09 Å². The molecule has 9 heteroatoms. The SMILES string of the molecule is CCNC(=NCCCNC(=O)OC(C)(C)C)NCCCOCCOC.I. The van der Waals surface area contributed by atoms with Crippen molar-refractivity contribution in [1.82, 2.24) is 16.0 Å². The van der Waals surface area contributed by atoms with Crippen molar-refractivity contribution in [3.63, 3.8) is 0 Å². The largest absolute Gasteiger partial charge is 0.444 e. The molecule has 3 N–H and O–H groups in total. The summed E-state index contributed by atoms with van der Waals surface area (Å²) in [5.74, 6) is 0.775. The summed E-state index contributed by atoms with van der Waals surface area (Å²) in [6, 6.07) is 0. The van der Waals surface area contributed by atoms with Crippen LogP contribution in [0.4, 0.5) is 4.79 Å². The number of nitrogens with one attached hydrogen (secondary N) is 3. The molecule has 0 aliphatic rings. The molecule has 0 rings (SSSR count). The molecule has 0 fully saturated rings. The Morgan fingerprint density at radius 2 is 1.69 bits per heavy atom. The molecule has 0 aromatic carbocycles. The number of halogens is 1. The maximum atomic E-state index is 11.5. The Bertz CT molecular complexity index is 376. The second kappa shape index (κ2) is 17.6. The van der Waals surface area contributed by atoms with Crippen LogP contribution in [0.2, 0.25) is 0 Å². The van der Waals surface area contributed by atoms with E-state index in [1.807, 2.05) is 27.7 Å². The van der Waals surface area contributed by atoms with Crippen LogP contribution in [0.15, 0.2) is 4.99 Å². The zero-order valence-electron chi connectivity index (χ0n) is 16.9. The number of nitrogens with zero attached hydrogens (tertiary/aromatic N) is 1. The van der Waals surface area contributed by atoms with Crippen LogP contribution in [0.1, 0.15) is 40.5 Å². The van der Waals surface area contributed by atoms with Crippen molar-refractivity contribution in [2.75, 3.05) is 53.1 Å². The van der Waals surface area contributed by atoms with Crippen molar-refractivity contribution in [1.29, 1.82) is 0 Å². The van der Waals surface area contributed by atoms with E-state index in [0.717, 1.165) is 31.9 Å². The van der Waals surface area contributed by atoms with Crippen molar-refractivity contribution < 1.29 is 19.0 Å². The highest BCUT2D eigenvalue weighted by Gasteiger charge is 2.15. The summed E-state index contributed by atoms with van der Waals surface area (Å²) in [4.78, 5) is 16.0. The van der Waals surface area contributed by atoms with Gasteiger partial charge in [0.2, 0.25) is 0 Å². The van der Waals surface area contributed by atoms with Crippen LogP contribution >= 0.6 is 24.0 Å². The molecule has 8 nitrogen and oxygen atoms in total. The van der Waals surface area contributed by atoms with Gasteiger partial charge in [-0.1, -0.05) is 0 Å². The fourth-order valence-corrected chi connectivity index (χ4v) is 1.74. The zero-order chi connectivity index (χ0) is 19.0. The Balaban J connectivity index is 0. The van der Waals surface area contributed by atoms with Gasteiger partial charge in [-0.05, 0) is 40.5 Å². The lowest BCUT2D eigenvalue weighted by molar-refractivity contribution is 0.0527. The summed E-state index contributed by atoms with van der Waals surface area (Å²) < 4.78 is 15.5. The lowest BCUT2D eigenvalue weighted by Crippen LogP contribution is -2.38. The molecule has 0 bridgehead atoms. The standard InChI is InChI=1S/C17H36N4O4.HI/c1-6-18-15(20-11-8-12-24-14-13-23-5)19-9-7-10-21-16(22)25-17(2,3)4;/h6-14H2,1-5H3,(H,21,22)(H2,18,19,20);1H. The summed E-state index contributed by atoms with van der Waals surface area (Å²) in [5, 5.41) is 9.17. The minimum atomic E-state index is -0.475. The number of hydrogen-bond acceptors (Lipinski definition) is 5. The molecule has 0 aliphatic heterocycles. The van der Waals surface area contributed by atoms with E-state index < -0.39 is 11.7 Å². The maximum Gasteiger partial charge on any atom is 0.407 e. The highest BCUT2D eigenvalue weighted by Crippen LogP contribution is 2.06. The van der Waals surface area contributed by atoms with Crippen molar-refractivity contribution >= 4 is 36.0 Å². The molecule has 0 atom stereocenters. The van der Waals surface area contributed by atoms with E-state index in [2.05, 4.69) is 20.9 Å². The number of rotatable bonds is 12. The Morgan fingerprint density at radius 3 is 2.31 bits per heavy atom. The minimum absolute atomic E-state index is 0. The molecule has 0 aromatic rings. The molecule has 0 saturated carbocycles. The van der Waals surface area contributed by atoms with Gasteiger partial charge in [-0.2, -0.15) is 0 Å². The number of ether oxygens (including phenoxy) is 3. The van der Waals surface area contributed by atoms with Crippen molar-refractivity contribution in [2.45, 2.75) is 46.1 Å². The monoisotopic (exact) mass is 488 g/mol. The van der Waals surface area contributed by atoms with Crippen LogP contribution in [0.3, 0.4) is 0 Å². The average molecular weight is 488 g/mol. The summed E-state index contributed by atoms with van der Waals surface area (Å²) in [5.41, 5.74) is -0.475. The van der Waals surface area contributed by atoms with Crippen LogP contribution in [0, 0.1) is 0 Å². The molecule has 1 amide bonds. The molecule has 0 radical (unpaired) electrons. The highest BCUT2D eigenvalue weighted by atomic mass is 127. The number of hydrogen-bond donors (Lipinski definition) is 3. The molecule has 0 aromatic heterocycles. The third-order valence-corrected chi connectivity index (χ3v) is 2.81. The maximum absolute atomic E-state index is 11.5. The fraction of sp³-hybridized carbons (Fsp3) is 0.882. The van der Waals surface area contributed by atoms with Crippen molar-refractivity contribution in [3.8, 4) is 0 Å². The lowest BCUT2D eigenvalue weighted by atomic mass is 10.2. The predicted octanol–water partition coefficient (Wildman–Crippen LogP) is 2.13. The molecule has 0 heterocycles. The topological polar surface area (TPSA) is 93.2 Å². The number of guanidine groups is 1. The molecule has 0 aliphatic carbocycles. The Morgan fingerprint density at radius 1 is 1.00 bits per heavy atom. The van der Waals surface area contributed by atoms with Crippen LogP contribution in [-0.4, -0.2) is 70.8 Å². The first-order valence-corrected chi connectivity index (χ1v) is 8.94. The number of carbonyl (C=O) groups excluding carboxylic acids is 1. The number of amides is 1. The van der Waals surface area contributed by atoms with Gasteiger partial charge in [0.15, 0.2) is 5.96 Å². The van der Waals surface area contributed by atoms with Crippen molar-refractivity contribution in [2.24, 2.45) is 4.99 Å². The molecule has 156 valence electrons. The quantitative estimate of drug-likeness (QED) is 0.169. The van der Waals surface area contributed by atoms with Gasteiger partial charge in [-0.15, -0.1) is 24.0 Å². The van der Waals surface area contributed by atoms with Crippen LogP contribution < -0.4 is 16.0 Å². The van der Waals surface area contributed by atoms with E-state index in [0.29, 0.717) is 32.9 Å². The van der Waals surface area contributed by atoms with E-state index in [9.17, 15) is 4.79 Å². The number of alkyl carbamates (subject to hydrolysis) is 1. The van der Waals surface area contributed by atoms with E-state index in [1.54, 1.807) is 7.11 Å². The molecular formula is C17H37IN4O4. The normalized spacial score (nSPS) is 11.5. The van der Waals surface area contributed by atoms with Gasteiger partial charge in [0, 0.05) is 39.9 Å². The number of aliphatic imine (C=N–C) groups is 1. The van der Waals surface area contributed by atoms with Crippen LogP contribution in [0.5, 0.6) is 0 Å². The second-order valence-electron chi connectivity index (χ2n) is 6.43. The van der Waals surface area contributed by atoms with E-state index in [1.165, 1.54) is 0 Å². The predicted molar refractivity (Wildman–Crippen MR) is 116 cm³/mol. The van der Waals surface area contributed by atoms with E-state index in [4.69, 9.17) is 14.2 Å². The summed E-state index contributed by atoms with van der Waals surface area (Å²) in [7, 11) is 1.66. The molecule has 0 saturated heterocycles. The second-order valence-corrected chi connectivity index (χ2v) is 6.43. The fourth-order valence-electron chi connectivity index (χ4n) is 1.74. The lowest BCUT2D eigenvalue weighted by Gasteiger charge is -2.19. The third kappa shape index (κ3) is 19.5. The minimum Gasteiger partial charge on any atom is -0.444 e. The van der Waals surface area contributed by atoms with E-state index >= 15 is 0 Å². The van der Waals surface area contributed by atoms with Gasteiger partial charge in [0.05, 0.1) is 13.2 Å². The molecule has 0 spiro atoms. The summed E-state index contributed by atoms with van der Waals surface area (Å²) >= 11 is 0. The molecular weight excluding hydrogens is 451 g/mol. The summed E-state index contributed by atoms with van der Waals surface area (Å²) in [6.45, 7) is 12.2. The Kier molecular flexibility index (Phi) is 18.6. The Hall–Kier alpha value is -0.810. The van der Waals surface area contributed by atoms with Crippen LogP contribution in [-0.2, 0) is 14.2 Å². The first-order chi connectivity index (χ1) is 11.9.